The van der Waals surface area contributed by atoms with Crippen molar-refractivity contribution in [3.05, 3.63) is 78.6 Å². The van der Waals surface area contributed by atoms with Gasteiger partial charge >= 0.3 is 5.97 Å². The van der Waals surface area contributed by atoms with Gasteiger partial charge in [0, 0.05) is 34.7 Å². The van der Waals surface area contributed by atoms with Crippen molar-refractivity contribution in [1.82, 2.24) is 0 Å². The summed E-state index contributed by atoms with van der Waals surface area (Å²) in [5.41, 5.74) is 9.70. The highest BCUT2D eigenvalue weighted by Gasteiger charge is 2.46. The summed E-state index contributed by atoms with van der Waals surface area (Å²) in [6.07, 6.45) is 5.45. The Morgan fingerprint density at radius 2 is 1.93 bits per heavy atom. The van der Waals surface area contributed by atoms with Gasteiger partial charge in [0.15, 0.2) is 5.78 Å². The van der Waals surface area contributed by atoms with E-state index in [1.165, 1.54) is 23.5 Å². The number of esters is 1. The number of carbonyl (C=O) groups is 2. The van der Waals surface area contributed by atoms with Gasteiger partial charge in [-0.3, -0.25) is 19.8 Å². The molecular formula is C30H32N4O5S. The van der Waals surface area contributed by atoms with Crippen LogP contribution < -0.4 is 10.6 Å². The zero-order valence-electron chi connectivity index (χ0n) is 22.9. The fourth-order valence-corrected chi connectivity index (χ4v) is 7.58. The van der Waals surface area contributed by atoms with Crippen LogP contribution in [0.15, 0.2) is 46.9 Å². The third kappa shape index (κ3) is 4.68. The Balaban J connectivity index is 1.77. The van der Waals surface area contributed by atoms with Crippen molar-refractivity contribution in [2.45, 2.75) is 71.6 Å². The predicted molar refractivity (Wildman–Crippen MR) is 152 cm³/mol. The summed E-state index contributed by atoms with van der Waals surface area (Å²) in [5.74, 6) is -1.12. The maximum Gasteiger partial charge on any atom is 0.341 e. The van der Waals surface area contributed by atoms with Gasteiger partial charge in [-0.2, -0.15) is 5.26 Å². The molecule has 2 N–H and O–H groups in total. The molecule has 0 fully saturated rings. The predicted octanol–water partition coefficient (Wildman–Crippen LogP) is 6.04. The first-order valence-corrected chi connectivity index (χ1v) is 14.4. The number of nitro groups is 1. The van der Waals surface area contributed by atoms with E-state index in [-0.39, 0.29) is 41.3 Å². The highest BCUT2D eigenvalue weighted by atomic mass is 32.1. The van der Waals surface area contributed by atoms with E-state index in [0.717, 1.165) is 42.5 Å². The van der Waals surface area contributed by atoms with E-state index in [2.05, 4.69) is 6.07 Å². The number of ether oxygens (including phenoxy) is 1. The Kier molecular flexibility index (Phi) is 7.27. The highest BCUT2D eigenvalue weighted by molar-refractivity contribution is 7.16. The van der Waals surface area contributed by atoms with Crippen LogP contribution in [0.2, 0.25) is 0 Å². The van der Waals surface area contributed by atoms with E-state index >= 15 is 0 Å². The number of nitro benzene ring substituents is 1. The molecule has 2 heterocycles. The first kappa shape index (κ1) is 27.6. The van der Waals surface area contributed by atoms with E-state index in [1.54, 1.807) is 24.0 Å². The van der Waals surface area contributed by atoms with Crippen LogP contribution >= 0.6 is 11.3 Å². The number of aryl methyl sites for hydroxylation is 1. The van der Waals surface area contributed by atoms with Gasteiger partial charge in [-0.05, 0) is 55.6 Å². The summed E-state index contributed by atoms with van der Waals surface area (Å²) in [4.78, 5) is 40.9. The molecule has 2 aromatic rings. The van der Waals surface area contributed by atoms with Crippen molar-refractivity contribution in [1.29, 1.82) is 5.26 Å². The number of hydrogen-bond donors (Lipinski definition) is 1. The van der Waals surface area contributed by atoms with Gasteiger partial charge in [0.2, 0.25) is 0 Å². The Hall–Kier alpha value is -3.97. The number of anilines is 1. The average molecular weight is 561 g/mol. The number of fused-ring (bicyclic) bond motifs is 1. The van der Waals surface area contributed by atoms with Crippen LogP contribution in [0.25, 0.3) is 0 Å². The summed E-state index contributed by atoms with van der Waals surface area (Å²) < 4.78 is 5.51. The second-order valence-electron chi connectivity index (χ2n) is 11.3. The van der Waals surface area contributed by atoms with Crippen LogP contribution in [0.4, 0.5) is 10.7 Å². The second kappa shape index (κ2) is 10.5. The third-order valence-corrected chi connectivity index (χ3v) is 9.18. The highest BCUT2D eigenvalue weighted by Crippen LogP contribution is 2.53. The van der Waals surface area contributed by atoms with Crippen LogP contribution in [0.5, 0.6) is 0 Å². The average Bonchev–Trinajstić information content (AvgIpc) is 3.09. The molecule has 1 aliphatic heterocycles. The number of benzene rings is 1. The van der Waals surface area contributed by atoms with Gasteiger partial charge in [-0.25, -0.2) is 4.79 Å². The number of thiophene rings is 1. The third-order valence-electron chi connectivity index (χ3n) is 7.90. The molecule has 9 nitrogen and oxygen atoms in total. The van der Waals surface area contributed by atoms with Crippen molar-refractivity contribution in [3.8, 4) is 6.07 Å². The summed E-state index contributed by atoms with van der Waals surface area (Å²) in [6.45, 7) is 6.02. The molecule has 0 saturated heterocycles. The van der Waals surface area contributed by atoms with Crippen molar-refractivity contribution >= 4 is 33.8 Å². The Morgan fingerprint density at radius 3 is 2.58 bits per heavy atom. The minimum absolute atomic E-state index is 0.0823. The minimum atomic E-state index is -0.760. The lowest BCUT2D eigenvalue weighted by molar-refractivity contribution is -0.384. The lowest BCUT2D eigenvalue weighted by atomic mass is 9.68. The maximum absolute atomic E-state index is 13.9. The molecule has 2 aliphatic carbocycles. The van der Waals surface area contributed by atoms with E-state index in [1.807, 2.05) is 13.8 Å². The molecule has 0 amide bonds. The second-order valence-corrected chi connectivity index (χ2v) is 12.4. The topological polar surface area (TPSA) is 140 Å². The summed E-state index contributed by atoms with van der Waals surface area (Å²) >= 11 is 1.49. The van der Waals surface area contributed by atoms with Gasteiger partial charge in [-0.15, -0.1) is 11.3 Å². The molecule has 0 spiro atoms. The lowest BCUT2D eigenvalue weighted by Crippen LogP contribution is -2.42. The van der Waals surface area contributed by atoms with Crippen LogP contribution in [0, 0.1) is 26.9 Å². The number of nitrogens with two attached hydrogens (primary N) is 1. The van der Waals surface area contributed by atoms with Crippen LogP contribution in [0.3, 0.4) is 0 Å². The van der Waals surface area contributed by atoms with Crippen molar-refractivity contribution in [2.24, 2.45) is 11.1 Å². The van der Waals surface area contributed by atoms with Gasteiger partial charge < -0.3 is 10.5 Å². The van der Waals surface area contributed by atoms with Crippen molar-refractivity contribution < 1.29 is 19.2 Å². The molecule has 0 radical (unpaired) electrons. The number of nitrogens with zero attached hydrogens (tertiary/aromatic N) is 3. The molecule has 0 saturated carbocycles. The fraction of sp³-hybridized carbons (Fsp3) is 0.433. The monoisotopic (exact) mass is 560 g/mol. The molecule has 0 bridgehead atoms. The number of nitriles is 1. The van der Waals surface area contributed by atoms with E-state index in [9.17, 15) is 25.0 Å². The first-order chi connectivity index (χ1) is 19.1. The Labute approximate surface area is 237 Å². The molecule has 3 aliphatic rings. The number of allylic oxidation sites excluding steroid dienone is 3. The maximum atomic E-state index is 13.9. The first-order valence-electron chi connectivity index (χ1n) is 13.6. The van der Waals surface area contributed by atoms with E-state index in [4.69, 9.17) is 10.5 Å². The van der Waals surface area contributed by atoms with Crippen LogP contribution in [-0.4, -0.2) is 23.3 Å². The van der Waals surface area contributed by atoms with Gasteiger partial charge in [0.1, 0.15) is 10.8 Å². The van der Waals surface area contributed by atoms with E-state index in [0.29, 0.717) is 33.8 Å². The Bertz CT molecular complexity index is 1510. The molecular weight excluding hydrogens is 528 g/mol. The number of ketones is 1. The lowest BCUT2D eigenvalue weighted by Gasteiger charge is -2.43. The zero-order valence-corrected chi connectivity index (χ0v) is 23.7. The largest absolute Gasteiger partial charge is 0.462 e. The molecule has 40 heavy (non-hydrogen) atoms. The minimum Gasteiger partial charge on any atom is -0.462 e. The summed E-state index contributed by atoms with van der Waals surface area (Å²) in [5, 5.41) is 22.3. The molecule has 208 valence electrons. The standard InChI is InChI=1S/C30H32N4O5S/c1-4-39-29(36)25-19-8-6-5-7-9-23(19)40-28(25)33-21-14-30(2,3)15-22(35)26(21)24(20(16-31)27(33)32)17-10-12-18(13-11-17)34(37)38/h10-13,24H,4-9,14-15,32H2,1-3H3/t24-/m1/s1. The Morgan fingerprint density at radius 1 is 1.23 bits per heavy atom. The van der Waals surface area contributed by atoms with Crippen molar-refractivity contribution in [2.75, 3.05) is 11.5 Å². The number of non-ortho nitro benzene ring substituents is 1. The molecule has 1 aromatic heterocycles. The van der Waals surface area contributed by atoms with Gasteiger partial charge in [0.25, 0.3) is 5.69 Å². The fourth-order valence-electron chi connectivity index (χ4n) is 6.16. The smallest absolute Gasteiger partial charge is 0.341 e. The van der Waals surface area contributed by atoms with Crippen LogP contribution in [0.1, 0.15) is 85.2 Å². The molecule has 1 atom stereocenters. The summed E-state index contributed by atoms with van der Waals surface area (Å²) in [6, 6.07) is 8.15. The van der Waals surface area contributed by atoms with Gasteiger partial charge in [0.05, 0.1) is 34.7 Å². The number of hydrogen-bond acceptors (Lipinski definition) is 9. The van der Waals surface area contributed by atoms with Crippen molar-refractivity contribution in [3.63, 3.8) is 0 Å². The number of rotatable bonds is 5. The number of Topliss-reactive ketones (excluding diaryl/α,β-unsaturated/α-hetero) is 1. The zero-order chi connectivity index (χ0) is 28.8. The molecule has 0 unspecified atom stereocenters. The SMILES string of the molecule is CCOC(=O)c1c(N2C(N)=C(C#N)[C@@H](c3ccc([N+](=O)[O-])cc3)C3=C2CC(C)(C)CC3=O)sc2c1CCCCC2. The quantitative estimate of drug-likeness (QED) is 0.202. The van der Waals surface area contributed by atoms with Crippen LogP contribution in [-0.2, 0) is 22.4 Å². The summed E-state index contributed by atoms with van der Waals surface area (Å²) in [7, 11) is 0. The normalized spacial score (nSPS) is 20.4. The molecule has 1 aromatic carbocycles. The molecule has 10 heteroatoms. The molecule has 5 rings (SSSR count). The van der Waals surface area contributed by atoms with Gasteiger partial charge in [-0.1, -0.05) is 32.4 Å². The number of carbonyl (C=O) groups excluding carboxylic acids is 2. The van der Waals surface area contributed by atoms with E-state index < -0.39 is 16.8 Å².